The lowest BCUT2D eigenvalue weighted by Gasteiger charge is -2.18. The fourth-order valence-electron chi connectivity index (χ4n) is 1.67. The van der Waals surface area contributed by atoms with Gasteiger partial charge in [-0.3, -0.25) is 0 Å². The Balaban J connectivity index is 3.03. The van der Waals surface area contributed by atoms with Gasteiger partial charge in [0, 0.05) is 11.6 Å². The van der Waals surface area contributed by atoms with Gasteiger partial charge in [0.2, 0.25) is 0 Å². The zero-order valence-corrected chi connectivity index (χ0v) is 10.6. The van der Waals surface area contributed by atoms with Crippen molar-refractivity contribution in [2.24, 2.45) is 0 Å². The third-order valence-corrected chi connectivity index (χ3v) is 3.27. The second-order valence-corrected chi connectivity index (χ2v) is 4.70. The average Bonchev–Trinajstić information content (AvgIpc) is 2.28. The summed E-state index contributed by atoms with van der Waals surface area (Å²) in [4.78, 5) is 0. The van der Waals surface area contributed by atoms with Gasteiger partial charge in [-0.1, -0.05) is 6.07 Å². The van der Waals surface area contributed by atoms with Crippen molar-refractivity contribution in [2.45, 2.75) is 19.4 Å². The van der Waals surface area contributed by atoms with Gasteiger partial charge in [-0.25, -0.2) is 8.78 Å². The molecule has 0 bridgehead atoms. The highest BCUT2D eigenvalue weighted by molar-refractivity contribution is 7.98. The van der Waals surface area contributed by atoms with E-state index in [1.54, 1.807) is 25.7 Å². The van der Waals surface area contributed by atoms with Crippen molar-refractivity contribution < 1.29 is 8.78 Å². The molecule has 0 amide bonds. The van der Waals surface area contributed by atoms with Crippen molar-refractivity contribution in [1.82, 2.24) is 5.32 Å². The monoisotopic (exact) mass is 245 g/mol. The number of halogens is 2. The second kappa shape index (κ2) is 6.21. The van der Waals surface area contributed by atoms with Crippen LogP contribution in [-0.2, 0) is 0 Å². The van der Waals surface area contributed by atoms with Gasteiger partial charge in [-0.2, -0.15) is 11.8 Å². The first-order valence-corrected chi connectivity index (χ1v) is 6.62. The van der Waals surface area contributed by atoms with Crippen LogP contribution in [0.15, 0.2) is 12.1 Å². The predicted molar refractivity (Wildman–Crippen MR) is 65.9 cm³/mol. The molecule has 0 saturated heterocycles. The van der Waals surface area contributed by atoms with Crippen molar-refractivity contribution in [3.05, 3.63) is 34.9 Å². The van der Waals surface area contributed by atoms with E-state index in [4.69, 9.17) is 0 Å². The molecule has 1 aromatic carbocycles. The van der Waals surface area contributed by atoms with Crippen molar-refractivity contribution in [3.8, 4) is 0 Å². The molecule has 0 fully saturated rings. The quantitative estimate of drug-likeness (QED) is 0.854. The predicted octanol–water partition coefficient (Wildman–Crippen LogP) is 3.29. The Hall–Kier alpha value is -0.610. The van der Waals surface area contributed by atoms with E-state index in [2.05, 4.69) is 5.32 Å². The number of thioether (sulfide) groups is 1. The maximum atomic E-state index is 13.8. The SMILES string of the molecule is CNC(CCSC)c1c(F)ccc(C)c1F. The minimum absolute atomic E-state index is 0.163. The molecule has 0 aliphatic heterocycles. The first kappa shape index (κ1) is 13.5. The first-order valence-electron chi connectivity index (χ1n) is 5.22. The topological polar surface area (TPSA) is 12.0 Å². The second-order valence-electron chi connectivity index (χ2n) is 3.71. The molecule has 0 heterocycles. The van der Waals surface area contributed by atoms with Crippen LogP contribution < -0.4 is 5.32 Å². The molecule has 1 unspecified atom stereocenters. The fraction of sp³-hybridized carbons (Fsp3) is 0.500. The summed E-state index contributed by atoms with van der Waals surface area (Å²) in [5.41, 5.74) is 0.650. The molecule has 0 radical (unpaired) electrons. The van der Waals surface area contributed by atoms with Crippen LogP contribution in [0, 0.1) is 18.6 Å². The lowest BCUT2D eigenvalue weighted by molar-refractivity contribution is 0.482. The molecule has 1 atom stereocenters. The highest BCUT2D eigenvalue weighted by Crippen LogP contribution is 2.26. The molecule has 90 valence electrons. The van der Waals surface area contributed by atoms with Crippen molar-refractivity contribution >= 4 is 11.8 Å². The lowest BCUT2D eigenvalue weighted by Crippen LogP contribution is -2.20. The van der Waals surface area contributed by atoms with E-state index < -0.39 is 11.6 Å². The van der Waals surface area contributed by atoms with Crippen LogP contribution in [0.2, 0.25) is 0 Å². The van der Waals surface area contributed by atoms with E-state index in [1.807, 2.05) is 6.26 Å². The minimum Gasteiger partial charge on any atom is -0.313 e. The minimum atomic E-state index is -0.469. The Morgan fingerprint density at radius 1 is 1.38 bits per heavy atom. The number of hydrogen-bond donors (Lipinski definition) is 1. The first-order chi connectivity index (χ1) is 7.61. The number of hydrogen-bond acceptors (Lipinski definition) is 2. The molecule has 0 spiro atoms. The Labute approximate surface area is 99.6 Å². The van der Waals surface area contributed by atoms with E-state index in [-0.39, 0.29) is 11.6 Å². The Kier molecular flexibility index (Phi) is 5.22. The van der Waals surface area contributed by atoms with Gasteiger partial charge in [0.1, 0.15) is 11.6 Å². The summed E-state index contributed by atoms with van der Waals surface area (Å²) in [6.45, 7) is 1.65. The zero-order chi connectivity index (χ0) is 12.1. The molecule has 16 heavy (non-hydrogen) atoms. The van der Waals surface area contributed by atoms with Crippen molar-refractivity contribution in [2.75, 3.05) is 19.1 Å². The smallest absolute Gasteiger partial charge is 0.133 e. The van der Waals surface area contributed by atoms with E-state index in [9.17, 15) is 8.78 Å². The van der Waals surface area contributed by atoms with E-state index >= 15 is 0 Å². The Morgan fingerprint density at radius 3 is 2.62 bits per heavy atom. The zero-order valence-electron chi connectivity index (χ0n) is 9.81. The standard InChI is InChI=1S/C12H17F2NS/c1-8-4-5-9(13)11(12(8)14)10(15-2)6-7-16-3/h4-5,10,15H,6-7H2,1-3H3. The van der Waals surface area contributed by atoms with Crippen LogP contribution in [0.25, 0.3) is 0 Å². The van der Waals surface area contributed by atoms with Crippen LogP contribution in [0.5, 0.6) is 0 Å². The molecule has 0 aliphatic carbocycles. The number of benzene rings is 1. The van der Waals surface area contributed by atoms with Crippen LogP contribution in [0.3, 0.4) is 0 Å². The summed E-state index contributed by atoms with van der Waals surface area (Å²) in [6, 6.07) is 2.54. The normalized spacial score (nSPS) is 12.8. The van der Waals surface area contributed by atoms with Gasteiger partial charge in [-0.05, 0) is 44.0 Å². The maximum Gasteiger partial charge on any atom is 0.133 e. The molecule has 1 aromatic rings. The van der Waals surface area contributed by atoms with Crippen LogP contribution in [-0.4, -0.2) is 19.1 Å². The number of rotatable bonds is 5. The summed E-state index contributed by atoms with van der Waals surface area (Å²) < 4.78 is 27.4. The summed E-state index contributed by atoms with van der Waals surface area (Å²) in [7, 11) is 1.73. The molecule has 0 aliphatic rings. The molecule has 1 rings (SSSR count). The Morgan fingerprint density at radius 2 is 2.06 bits per heavy atom. The number of aryl methyl sites for hydroxylation is 1. The molecular formula is C12H17F2NS. The summed E-state index contributed by atoms with van der Waals surface area (Å²) in [5, 5.41) is 2.97. The van der Waals surface area contributed by atoms with E-state index in [0.717, 1.165) is 12.2 Å². The maximum absolute atomic E-state index is 13.8. The highest BCUT2D eigenvalue weighted by atomic mass is 32.2. The van der Waals surface area contributed by atoms with E-state index in [0.29, 0.717) is 5.56 Å². The lowest BCUT2D eigenvalue weighted by atomic mass is 10.0. The van der Waals surface area contributed by atoms with Crippen LogP contribution >= 0.6 is 11.8 Å². The van der Waals surface area contributed by atoms with Crippen molar-refractivity contribution in [3.63, 3.8) is 0 Å². The van der Waals surface area contributed by atoms with Gasteiger partial charge in [0.05, 0.1) is 0 Å². The third kappa shape index (κ3) is 2.95. The van der Waals surface area contributed by atoms with Crippen molar-refractivity contribution in [1.29, 1.82) is 0 Å². The summed E-state index contributed by atoms with van der Waals surface area (Å²) in [5.74, 6) is -0.0257. The molecular weight excluding hydrogens is 228 g/mol. The molecule has 0 aromatic heterocycles. The molecule has 1 N–H and O–H groups in total. The third-order valence-electron chi connectivity index (χ3n) is 2.63. The molecule has 1 nitrogen and oxygen atoms in total. The highest BCUT2D eigenvalue weighted by Gasteiger charge is 2.19. The van der Waals surface area contributed by atoms with Gasteiger partial charge >= 0.3 is 0 Å². The van der Waals surface area contributed by atoms with Crippen LogP contribution in [0.1, 0.15) is 23.6 Å². The summed E-state index contributed by atoms with van der Waals surface area (Å²) in [6.07, 6.45) is 2.70. The fourth-order valence-corrected chi connectivity index (χ4v) is 2.14. The number of nitrogens with one attached hydrogen (secondary N) is 1. The average molecular weight is 245 g/mol. The van der Waals surface area contributed by atoms with Gasteiger partial charge in [-0.15, -0.1) is 0 Å². The van der Waals surface area contributed by atoms with Crippen LogP contribution in [0.4, 0.5) is 8.78 Å². The largest absolute Gasteiger partial charge is 0.313 e. The van der Waals surface area contributed by atoms with Gasteiger partial charge in [0.15, 0.2) is 0 Å². The molecule has 4 heteroatoms. The van der Waals surface area contributed by atoms with Gasteiger partial charge in [0.25, 0.3) is 0 Å². The Bertz CT molecular complexity index is 355. The summed E-state index contributed by atoms with van der Waals surface area (Å²) >= 11 is 1.67. The molecule has 0 saturated carbocycles. The van der Waals surface area contributed by atoms with Gasteiger partial charge < -0.3 is 5.32 Å². The van der Waals surface area contributed by atoms with E-state index in [1.165, 1.54) is 12.1 Å².